The molecule has 0 aliphatic rings. The highest BCUT2D eigenvalue weighted by molar-refractivity contribution is 6.31. The number of carbonyl (C=O) groups excluding carboxylic acids is 2. The minimum absolute atomic E-state index is 0.0956. The van der Waals surface area contributed by atoms with Gasteiger partial charge >= 0.3 is 5.97 Å². The van der Waals surface area contributed by atoms with E-state index in [4.69, 9.17) is 16.3 Å². The molecule has 0 spiro atoms. The molecule has 0 atom stereocenters. The third kappa shape index (κ3) is 5.66. The molecular formula is C18H17ClFNO3. The van der Waals surface area contributed by atoms with E-state index in [2.05, 4.69) is 5.32 Å². The van der Waals surface area contributed by atoms with Gasteiger partial charge in [-0.15, -0.1) is 0 Å². The minimum Gasteiger partial charge on any atom is -0.452 e. The van der Waals surface area contributed by atoms with Crippen LogP contribution < -0.4 is 5.32 Å². The number of aryl methyl sites for hydroxylation is 1. The van der Waals surface area contributed by atoms with Gasteiger partial charge in [0.15, 0.2) is 6.61 Å². The third-order valence-electron chi connectivity index (χ3n) is 3.30. The van der Waals surface area contributed by atoms with Gasteiger partial charge in [0, 0.05) is 6.54 Å². The first-order valence-corrected chi connectivity index (χ1v) is 7.87. The molecule has 0 aliphatic heterocycles. The maximum Gasteiger partial charge on any atom is 0.338 e. The molecule has 2 aromatic rings. The average Bonchev–Trinajstić information content (AvgIpc) is 2.60. The molecule has 2 rings (SSSR count). The number of ether oxygens (including phenoxy) is 1. The summed E-state index contributed by atoms with van der Waals surface area (Å²) in [5, 5.41) is 2.51. The first-order valence-electron chi connectivity index (χ1n) is 7.49. The van der Waals surface area contributed by atoms with Crippen LogP contribution in [0.25, 0.3) is 0 Å². The Bertz CT molecular complexity index is 707. The maximum atomic E-state index is 13.0. The molecule has 0 saturated heterocycles. The fraction of sp³-hybridized carbons (Fsp3) is 0.222. The smallest absolute Gasteiger partial charge is 0.338 e. The van der Waals surface area contributed by atoms with Gasteiger partial charge in [-0.1, -0.05) is 41.9 Å². The predicted octanol–water partition coefficient (Wildman–Crippen LogP) is 3.38. The van der Waals surface area contributed by atoms with E-state index in [9.17, 15) is 14.0 Å². The lowest BCUT2D eigenvalue weighted by atomic mass is 10.1. The summed E-state index contributed by atoms with van der Waals surface area (Å²) < 4.78 is 17.9. The van der Waals surface area contributed by atoms with Crippen LogP contribution in [0.3, 0.4) is 0 Å². The highest BCUT2D eigenvalue weighted by atomic mass is 35.5. The van der Waals surface area contributed by atoms with Gasteiger partial charge < -0.3 is 10.1 Å². The summed E-state index contributed by atoms with van der Waals surface area (Å²) in [7, 11) is 0. The van der Waals surface area contributed by atoms with Crippen LogP contribution in [-0.4, -0.2) is 25.0 Å². The number of hydrogen-bond acceptors (Lipinski definition) is 3. The van der Waals surface area contributed by atoms with E-state index in [0.717, 1.165) is 25.0 Å². The molecule has 0 saturated carbocycles. The van der Waals surface area contributed by atoms with E-state index in [-0.39, 0.29) is 23.1 Å². The van der Waals surface area contributed by atoms with Crippen molar-refractivity contribution in [1.29, 1.82) is 0 Å². The van der Waals surface area contributed by atoms with E-state index in [1.807, 2.05) is 30.3 Å². The number of hydrogen-bond donors (Lipinski definition) is 1. The maximum absolute atomic E-state index is 13.0. The van der Waals surface area contributed by atoms with Gasteiger partial charge in [-0.05, 0) is 36.6 Å². The highest BCUT2D eigenvalue weighted by Crippen LogP contribution is 2.16. The second-order valence-electron chi connectivity index (χ2n) is 5.14. The van der Waals surface area contributed by atoms with Crippen molar-refractivity contribution in [2.24, 2.45) is 0 Å². The minimum atomic E-state index is -0.726. The average molecular weight is 350 g/mol. The first-order chi connectivity index (χ1) is 11.6. The molecule has 2 aromatic carbocycles. The molecule has 0 bridgehead atoms. The Morgan fingerprint density at radius 3 is 2.58 bits per heavy atom. The SMILES string of the molecule is O=C(COC(=O)c1ccc(F)c(Cl)c1)NCCCc1ccccc1. The van der Waals surface area contributed by atoms with Gasteiger partial charge in [0.25, 0.3) is 5.91 Å². The molecule has 4 nitrogen and oxygen atoms in total. The molecule has 0 heterocycles. The molecule has 24 heavy (non-hydrogen) atoms. The summed E-state index contributed by atoms with van der Waals surface area (Å²) in [5.41, 5.74) is 1.30. The molecule has 0 aliphatic carbocycles. The predicted molar refractivity (Wildman–Crippen MR) is 89.5 cm³/mol. The molecule has 0 radical (unpaired) electrons. The van der Waals surface area contributed by atoms with Crippen molar-refractivity contribution in [3.63, 3.8) is 0 Å². The quantitative estimate of drug-likeness (QED) is 0.616. The lowest BCUT2D eigenvalue weighted by Gasteiger charge is -2.07. The zero-order valence-corrected chi connectivity index (χ0v) is 13.7. The van der Waals surface area contributed by atoms with Gasteiger partial charge in [0.1, 0.15) is 5.82 Å². The lowest BCUT2D eigenvalue weighted by Crippen LogP contribution is -2.29. The van der Waals surface area contributed by atoms with Crippen LogP contribution in [0, 0.1) is 5.82 Å². The molecule has 126 valence electrons. The van der Waals surface area contributed by atoms with Crippen LogP contribution in [0.15, 0.2) is 48.5 Å². The van der Waals surface area contributed by atoms with Gasteiger partial charge in [-0.25, -0.2) is 9.18 Å². The van der Waals surface area contributed by atoms with Crippen molar-refractivity contribution >= 4 is 23.5 Å². The molecular weight excluding hydrogens is 333 g/mol. The van der Waals surface area contributed by atoms with Gasteiger partial charge in [-0.3, -0.25) is 4.79 Å². The Kier molecular flexibility index (Phi) is 6.75. The van der Waals surface area contributed by atoms with Crippen LogP contribution >= 0.6 is 11.6 Å². The van der Waals surface area contributed by atoms with Crippen molar-refractivity contribution in [2.75, 3.05) is 13.2 Å². The summed E-state index contributed by atoms with van der Waals surface area (Å²) in [6, 6.07) is 13.4. The molecule has 0 fully saturated rings. The topological polar surface area (TPSA) is 55.4 Å². The van der Waals surface area contributed by atoms with E-state index in [1.54, 1.807) is 0 Å². The van der Waals surface area contributed by atoms with Crippen molar-refractivity contribution in [2.45, 2.75) is 12.8 Å². The van der Waals surface area contributed by atoms with Crippen molar-refractivity contribution in [3.05, 3.63) is 70.5 Å². The summed E-state index contributed by atoms with van der Waals surface area (Å²) in [6.07, 6.45) is 1.65. The second-order valence-corrected chi connectivity index (χ2v) is 5.55. The molecule has 6 heteroatoms. The van der Waals surface area contributed by atoms with Gasteiger partial charge in [0.05, 0.1) is 10.6 Å². The van der Waals surface area contributed by atoms with Crippen molar-refractivity contribution in [1.82, 2.24) is 5.32 Å². The number of benzene rings is 2. The number of esters is 1. The molecule has 1 N–H and O–H groups in total. The number of carbonyl (C=O) groups is 2. The third-order valence-corrected chi connectivity index (χ3v) is 3.59. The normalized spacial score (nSPS) is 10.2. The zero-order valence-electron chi connectivity index (χ0n) is 12.9. The summed E-state index contributed by atoms with van der Waals surface area (Å²) in [4.78, 5) is 23.4. The van der Waals surface area contributed by atoms with Crippen LogP contribution in [0.4, 0.5) is 4.39 Å². The highest BCUT2D eigenvalue weighted by Gasteiger charge is 2.12. The fourth-order valence-electron chi connectivity index (χ4n) is 2.05. The van der Waals surface area contributed by atoms with Crippen LogP contribution in [-0.2, 0) is 16.0 Å². The Hall–Kier alpha value is -2.40. The number of halogens is 2. The van der Waals surface area contributed by atoms with Crippen LogP contribution in [0.5, 0.6) is 0 Å². The van der Waals surface area contributed by atoms with E-state index in [1.165, 1.54) is 11.6 Å². The number of rotatable bonds is 7. The van der Waals surface area contributed by atoms with Gasteiger partial charge in [-0.2, -0.15) is 0 Å². The molecule has 0 aromatic heterocycles. The number of amides is 1. The fourth-order valence-corrected chi connectivity index (χ4v) is 2.23. The standard InChI is InChI=1S/C18H17ClFNO3/c19-15-11-14(8-9-16(15)20)18(23)24-12-17(22)21-10-4-7-13-5-2-1-3-6-13/h1-3,5-6,8-9,11H,4,7,10,12H2,(H,21,22). The molecule has 1 amide bonds. The van der Waals surface area contributed by atoms with E-state index >= 15 is 0 Å². The Morgan fingerprint density at radius 1 is 1.12 bits per heavy atom. The summed E-state index contributed by atoms with van der Waals surface area (Å²) in [5.74, 6) is -1.73. The zero-order chi connectivity index (χ0) is 17.4. The molecule has 0 unspecified atom stereocenters. The Balaban J connectivity index is 1.67. The van der Waals surface area contributed by atoms with E-state index < -0.39 is 11.8 Å². The summed E-state index contributed by atoms with van der Waals surface area (Å²) in [6.45, 7) is 0.104. The van der Waals surface area contributed by atoms with E-state index in [0.29, 0.717) is 6.54 Å². The van der Waals surface area contributed by atoms with Crippen LogP contribution in [0.2, 0.25) is 5.02 Å². The monoisotopic (exact) mass is 349 g/mol. The largest absolute Gasteiger partial charge is 0.452 e. The Morgan fingerprint density at radius 2 is 1.88 bits per heavy atom. The van der Waals surface area contributed by atoms with Gasteiger partial charge in [0.2, 0.25) is 0 Å². The van der Waals surface area contributed by atoms with Crippen molar-refractivity contribution in [3.8, 4) is 0 Å². The lowest BCUT2D eigenvalue weighted by molar-refractivity contribution is -0.124. The summed E-state index contributed by atoms with van der Waals surface area (Å²) >= 11 is 5.59. The van der Waals surface area contributed by atoms with Crippen LogP contribution in [0.1, 0.15) is 22.3 Å². The Labute approximate surface area is 144 Å². The number of nitrogens with one attached hydrogen (secondary N) is 1. The van der Waals surface area contributed by atoms with Crippen molar-refractivity contribution < 1.29 is 18.7 Å². The first kappa shape index (κ1) is 17.9. The second kappa shape index (κ2) is 9.03.